The van der Waals surface area contributed by atoms with E-state index in [-0.39, 0.29) is 14.9 Å². The van der Waals surface area contributed by atoms with Crippen LogP contribution in [0.4, 0.5) is 0 Å². The Morgan fingerprint density at radius 2 is 2.05 bits per heavy atom. The van der Waals surface area contributed by atoms with Crippen LogP contribution in [0, 0.1) is 11.3 Å². The lowest BCUT2D eigenvalue weighted by Gasteiger charge is -2.05. The summed E-state index contributed by atoms with van der Waals surface area (Å²) in [6.07, 6.45) is 1.30. The van der Waals surface area contributed by atoms with E-state index in [4.69, 9.17) is 28.5 Å². The van der Waals surface area contributed by atoms with Gasteiger partial charge in [0.2, 0.25) is 9.84 Å². The summed E-state index contributed by atoms with van der Waals surface area (Å²) < 4.78 is 25.8. The second kappa shape index (κ2) is 6.51. The van der Waals surface area contributed by atoms with Crippen LogP contribution in [0.1, 0.15) is 5.56 Å². The van der Waals surface area contributed by atoms with Gasteiger partial charge in [0.05, 0.1) is 13.7 Å². The lowest BCUT2D eigenvalue weighted by molar-refractivity contribution is 0.603. The van der Waals surface area contributed by atoms with Gasteiger partial charge in [0, 0.05) is 5.02 Å². The average Bonchev–Trinajstić information content (AvgIpc) is 2.84. The largest absolute Gasteiger partial charge is 0.218 e. The number of rotatable bonds is 3. The highest BCUT2D eigenvalue weighted by atomic mass is 79.9. The van der Waals surface area contributed by atoms with Crippen molar-refractivity contribution in [1.29, 1.82) is 5.26 Å². The summed E-state index contributed by atoms with van der Waals surface area (Å²) in [6.45, 7) is 0. The first-order chi connectivity index (χ1) is 9.84. The second-order valence-electron chi connectivity index (χ2n) is 3.88. The number of benzene rings is 1. The molecular weight excluding hydrogens is 417 g/mol. The minimum Gasteiger partial charge on any atom is -0.218 e. The van der Waals surface area contributed by atoms with E-state index in [0.717, 1.165) is 3.79 Å². The lowest BCUT2D eigenvalue weighted by Crippen LogP contribution is -2.04. The molecule has 108 valence electrons. The molecule has 0 radical (unpaired) electrons. The maximum Gasteiger partial charge on any atom is 0.218 e. The number of hydrogen-bond acceptors (Lipinski definition) is 4. The Morgan fingerprint density at radius 3 is 2.62 bits per heavy atom. The fourth-order valence-corrected chi connectivity index (χ4v) is 4.57. The summed E-state index contributed by atoms with van der Waals surface area (Å²) in [5, 5.41) is 11.2. The molecule has 0 aliphatic rings. The summed E-state index contributed by atoms with van der Waals surface area (Å²) >= 11 is 16.4. The quantitative estimate of drug-likeness (QED) is 0.642. The predicted octanol–water partition coefficient (Wildman–Crippen LogP) is 5.16. The van der Waals surface area contributed by atoms with Gasteiger partial charge in [-0.2, -0.15) is 5.26 Å². The van der Waals surface area contributed by atoms with E-state index in [1.807, 2.05) is 0 Å². The van der Waals surface area contributed by atoms with Crippen LogP contribution in [0.15, 0.2) is 43.2 Å². The van der Waals surface area contributed by atoms with Crippen LogP contribution < -0.4 is 0 Å². The number of allylic oxidation sites excluding steroid dienone is 1. The van der Waals surface area contributed by atoms with E-state index in [0.29, 0.717) is 5.56 Å². The molecule has 0 aliphatic heterocycles. The van der Waals surface area contributed by atoms with Gasteiger partial charge >= 0.3 is 0 Å². The number of nitrogens with zero attached hydrogens (tertiary/aromatic N) is 1. The molecule has 0 aliphatic carbocycles. The van der Waals surface area contributed by atoms with E-state index in [1.54, 1.807) is 17.5 Å². The van der Waals surface area contributed by atoms with Crippen molar-refractivity contribution in [2.24, 2.45) is 0 Å². The molecule has 1 heterocycles. The van der Waals surface area contributed by atoms with Crippen molar-refractivity contribution in [3.05, 3.63) is 53.9 Å². The van der Waals surface area contributed by atoms with Crippen LogP contribution in [-0.2, 0) is 9.84 Å². The smallest absolute Gasteiger partial charge is 0.218 e. The van der Waals surface area contributed by atoms with E-state index in [1.165, 1.54) is 35.6 Å². The van der Waals surface area contributed by atoms with Crippen LogP contribution in [0.5, 0.6) is 0 Å². The molecule has 3 nitrogen and oxygen atoms in total. The Kier molecular flexibility index (Phi) is 5.12. The van der Waals surface area contributed by atoms with E-state index < -0.39 is 14.7 Å². The molecule has 21 heavy (non-hydrogen) atoms. The maximum absolute atomic E-state index is 12.5. The van der Waals surface area contributed by atoms with E-state index >= 15 is 0 Å². The molecule has 8 heteroatoms. The zero-order valence-corrected chi connectivity index (χ0v) is 14.9. The van der Waals surface area contributed by atoms with Crippen molar-refractivity contribution in [2.75, 3.05) is 0 Å². The van der Waals surface area contributed by atoms with Crippen molar-refractivity contribution in [3.63, 3.8) is 0 Å². The first kappa shape index (κ1) is 16.5. The standard InChI is InChI=1S/C13H6BrCl2NO2S2/c14-13-4-8(7-20-13)3-10(6-17)21(18,19)12-5-9(15)1-2-11(12)16/h1-5,7H/b10-3+. The molecule has 0 amide bonds. The molecular formula is C13H6BrCl2NO2S2. The number of nitriles is 1. The molecule has 2 aromatic rings. The fourth-order valence-electron chi connectivity index (χ4n) is 1.52. The van der Waals surface area contributed by atoms with Crippen molar-refractivity contribution >= 4 is 66.4 Å². The molecule has 0 N–H and O–H groups in total. The molecule has 0 spiro atoms. The van der Waals surface area contributed by atoms with Gasteiger partial charge in [-0.3, -0.25) is 0 Å². The summed E-state index contributed by atoms with van der Waals surface area (Å²) in [5.74, 6) is 0. The van der Waals surface area contributed by atoms with Gasteiger partial charge in [-0.15, -0.1) is 11.3 Å². The summed E-state index contributed by atoms with van der Waals surface area (Å²) in [4.78, 5) is -0.573. The Morgan fingerprint density at radius 1 is 1.33 bits per heavy atom. The van der Waals surface area contributed by atoms with Crippen LogP contribution in [0.25, 0.3) is 6.08 Å². The van der Waals surface area contributed by atoms with Crippen molar-refractivity contribution in [1.82, 2.24) is 0 Å². The Balaban J connectivity index is 2.58. The zero-order valence-electron chi connectivity index (χ0n) is 10.2. The highest BCUT2D eigenvalue weighted by Gasteiger charge is 2.24. The molecule has 1 aromatic heterocycles. The van der Waals surface area contributed by atoms with Gasteiger partial charge in [-0.1, -0.05) is 23.2 Å². The highest BCUT2D eigenvalue weighted by molar-refractivity contribution is 9.11. The minimum absolute atomic E-state index is 0.0204. The number of hydrogen-bond donors (Lipinski definition) is 0. The fraction of sp³-hybridized carbons (Fsp3) is 0. The number of sulfone groups is 1. The van der Waals surface area contributed by atoms with Gasteiger partial charge in [0.15, 0.2) is 0 Å². The Labute approximate surface area is 144 Å². The van der Waals surface area contributed by atoms with Gasteiger partial charge in [-0.25, -0.2) is 8.42 Å². The first-order valence-electron chi connectivity index (χ1n) is 5.40. The van der Waals surface area contributed by atoms with Crippen LogP contribution in [-0.4, -0.2) is 8.42 Å². The van der Waals surface area contributed by atoms with Crippen molar-refractivity contribution in [2.45, 2.75) is 4.90 Å². The normalized spacial score (nSPS) is 12.2. The monoisotopic (exact) mass is 421 g/mol. The third-order valence-electron chi connectivity index (χ3n) is 2.47. The van der Waals surface area contributed by atoms with Gasteiger partial charge in [0.1, 0.15) is 11.0 Å². The van der Waals surface area contributed by atoms with Crippen LogP contribution in [0.3, 0.4) is 0 Å². The van der Waals surface area contributed by atoms with E-state index in [2.05, 4.69) is 15.9 Å². The molecule has 0 saturated carbocycles. The molecule has 0 fully saturated rings. The summed E-state index contributed by atoms with van der Waals surface area (Å²) in [7, 11) is -4.02. The highest BCUT2D eigenvalue weighted by Crippen LogP contribution is 2.31. The zero-order chi connectivity index (χ0) is 15.6. The molecule has 2 rings (SSSR count). The van der Waals surface area contributed by atoms with Crippen molar-refractivity contribution < 1.29 is 8.42 Å². The molecule has 0 atom stereocenters. The molecule has 0 saturated heterocycles. The topological polar surface area (TPSA) is 57.9 Å². The third kappa shape index (κ3) is 3.68. The Hall–Kier alpha value is -0.840. The molecule has 1 aromatic carbocycles. The second-order valence-corrected chi connectivity index (χ2v) is 8.90. The van der Waals surface area contributed by atoms with Gasteiger partial charge < -0.3 is 0 Å². The number of thiophene rings is 1. The lowest BCUT2D eigenvalue weighted by atomic mass is 10.3. The SMILES string of the molecule is N#C/C(=C\c1csc(Br)c1)S(=O)(=O)c1cc(Cl)ccc1Cl. The van der Waals surface area contributed by atoms with Crippen molar-refractivity contribution in [3.8, 4) is 6.07 Å². The summed E-state index contributed by atoms with van der Waals surface area (Å²) in [5.41, 5.74) is 0.616. The predicted molar refractivity (Wildman–Crippen MR) is 89.3 cm³/mol. The average molecular weight is 423 g/mol. The van der Waals surface area contributed by atoms with Gasteiger partial charge in [0.25, 0.3) is 0 Å². The third-order valence-corrected chi connectivity index (χ3v) is 6.37. The summed E-state index contributed by atoms with van der Waals surface area (Å²) in [6, 6.07) is 7.52. The van der Waals surface area contributed by atoms with Crippen LogP contribution >= 0.6 is 50.5 Å². The first-order valence-corrected chi connectivity index (χ1v) is 9.32. The Bertz CT molecular complexity index is 867. The maximum atomic E-state index is 12.5. The molecule has 0 unspecified atom stereocenters. The van der Waals surface area contributed by atoms with Gasteiger partial charge in [-0.05, 0) is 57.2 Å². The molecule has 0 bridgehead atoms. The van der Waals surface area contributed by atoms with Crippen LogP contribution in [0.2, 0.25) is 10.0 Å². The number of halogens is 3. The van der Waals surface area contributed by atoms with E-state index in [9.17, 15) is 8.42 Å². The minimum atomic E-state index is -4.02.